The summed E-state index contributed by atoms with van der Waals surface area (Å²) in [5.74, 6) is 0.562. The summed E-state index contributed by atoms with van der Waals surface area (Å²) in [5.41, 5.74) is 1.77. The Kier molecular flexibility index (Phi) is 5.39. The standard InChI is InChI=1S/C18H13ClN4OS/c19-15-9-5-4-8-13(15)11-25-18-14(10-20)16(22-23-18)21-17(24)12-6-2-1-3-7-12/h1-9H,11H2,(H2,21,22,23,24). The number of carbonyl (C=O) groups excluding carboxylic acids is 1. The first-order valence-corrected chi connectivity index (χ1v) is 8.76. The summed E-state index contributed by atoms with van der Waals surface area (Å²) in [7, 11) is 0. The lowest BCUT2D eigenvalue weighted by molar-refractivity contribution is 0.102. The smallest absolute Gasteiger partial charge is 0.256 e. The molecular weight excluding hydrogens is 356 g/mol. The van der Waals surface area contributed by atoms with Crippen molar-refractivity contribution in [1.29, 1.82) is 5.26 Å². The zero-order chi connectivity index (χ0) is 17.6. The van der Waals surface area contributed by atoms with Crippen LogP contribution in [0.15, 0.2) is 59.6 Å². The topological polar surface area (TPSA) is 81.6 Å². The molecule has 2 aromatic carbocycles. The van der Waals surface area contributed by atoms with E-state index in [0.717, 1.165) is 5.56 Å². The number of H-pyrrole nitrogens is 1. The predicted molar refractivity (Wildman–Crippen MR) is 98.7 cm³/mol. The van der Waals surface area contributed by atoms with Crippen LogP contribution in [0.4, 0.5) is 5.82 Å². The fourth-order valence-electron chi connectivity index (χ4n) is 2.16. The molecule has 1 heterocycles. The number of hydrogen-bond donors (Lipinski definition) is 2. The maximum absolute atomic E-state index is 12.2. The number of aromatic nitrogens is 2. The Morgan fingerprint density at radius 3 is 2.64 bits per heavy atom. The first-order chi connectivity index (χ1) is 12.2. The van der Waals surface area contributed by atoms with Gasteiger partial charge in [0.2, 0.25) is 0 Å². The lowest BCUT2D eigenvalue weighted by Gasteiger charge is -2.03. The van der Waals surface area contributed by atoms with E-state index in [4.69, 9.17) is 11.6 Å². The molecule has 0 unspecified atom stereocenters. The van der Waals surface area contributed by atoms with Crippen LogP contribution in [0, 0.1) is 11.3 Å². The quantitative estimate of drug-likeness (QED) is 0.650. The van der Waals surface area contributed by atoms with E-state index in [0.29, 0.717) is 26.9 Å². The van der Waals surface area contributed by atoms with E-state index in [1.807, 2.05) is 30.3 Å². The number of anilines is 1. The number of thioether (sulfide) groups is 1. The maximum Gasteiger partial charge on any atom is 0.256 e. The number of aromatic amines is 1. The molecule has 3 aromatic rings. The molecule has 1 amide bonds. The molecular formula is C18H13ClN4OS. The molecule has 1 aromatic heterocycles. The van der Waals surface area contributed by atoms with E-state index in [-0.39, 0.29) is 11.7 Å². The molecule has 124 valence electrons. The second-order valence-corrected chi connectivity index (χ2v) is 6.46. The first kappa shape index (κ1) is 17.1. The zero-order valence-electron chi connectivity index (χ0n) is 13.0. The molecule has 25 heavy (non-hydrogen) atoms. The van der Waals surface area contributed by atoms with Gasteiger partial charge in [-0.3, -0.25) is 9.89 Å². The van der Waals surface area contributed by atoms with Crippen LogP contribution in [0.2, 0.25) is 5.02 Å². The Morgan fingerprint density at radius 2 is 1.92 bits per heavy atom. The van der Waals surface area contributed by atoms with Crippen LogP contribution < -0.4 is 5.32 Å². The van der Waals surface area contributed by atoms with Crippen LogP contribution in [-0.2, 0) is 5.75 Å². The van der Waals surface area contributed by atoms with Gasteiger partial charge in [0.15, 0.2) is 0 Å². The molecule has 0 spiro atoms. The van der Waals surface area contributed by atoms with Gasteiger partial charge in [-0.2, -0.15) is 10.4 Å². The molecule has 3 rings (SSSR count). The summed E-state index contributed by atoms with van der Waals surface area (Å²) < 4.78 is 0. The van der Waals surface area contributed by atoms with Crippen LogP contribution in [0.3, 0.4) is 0 Å². The highest BCUT2D eigenvalue weighted by Crippen LogP contribution is 2.30. The minimum Gasteiger partial charge on any atom is -0.306 e. The van der Waals surface area contributed by atoms with Crippen molar-refractivity contribution in [3.8, 4) is 6.07 Å². The van der Waals surface area contributed by atoms with Gasteiger partial charge in [-0.1, -0.05) is 59.8 Å². The second kappa shape index (κ2) is 7.88. The van der Waals surface area contributed by atoms with Crippen molar-refractivity contribution >= 4 is 35.1 Å². The van der Waals surface area contributed by atoms with Crippen LogP contribution in [0.25, 0.3) is 0 Å². The van der Waals surface area contributed by atoms with Gasteiger partial charge in [-0.25, -0.2) is 0 Å². The van der Waals surface area contributed by atoms with Gasteiger partial charge in [-0.15, -0.1) is 0 Å². The highest BCUT2D eigenvalue weighted by molar-refractivity contribution is 7.98. The minimum atomic E-state index is -0.302. The number of benzene rings is 2. The first-order valence-electron chi connectivity index (χ1n) is 7.40. The normalized spacial score (nSPS) is 10.2. The molecule has 7 heteroatoms. The third-order valence-electron chi connectivity index (χ3n) is 3.44. The van der Waals surface area contributed by atoms with E-state index in [1.54, 1.807) is 24.3 Å². The average Bonchev–Trinajstić information content (AvgIpc) is 3.03. The number of halogens is 1. The predicted octanol–water partition coefficient (Wildman–Crippen LogP) is 4.48. The number of nitriles is 1. The van der Waals surface area contributed by atoms with Gasteiger partial charge in [0, 0.05) is 16.3 Å². The van der Waals surface area contributed by atoms with Crippen molar-refractivity contribution in [2.45, 2.75) is 10.8 Å². The number of nitrogens with zero attached hydrogens (tertiary/aromatic N) is 2. The molecule has 5 nitrogen and oxygen atoms in total. The molecule has 0 saturated carbocycles. The Morgan fingerprint density at radius 1 is 1.20 bits per heavy atom. The van der Waals surface area contributed by atoms with Crippen molar-refractivity contribution < 1.29 is 4.79 Å². The molecule has 2 N–H and O–H groups in total. The van der Waals surface area contributed by atoms with Gasteiger partial charge in [0.1, 0.15) is 22.5 Å². The van der Waals surface area contributed by atoms with Gasteiger partial charge in [0.25, 0.3) is 5.91 Å². The van der Waals surface area contributed by atoms with Crippen molar-refractivity contribution in [2.24, 2.45) is 0 Å². The molecule has 0 saturated heterocycles. The molecule has 0 aliphatic heterocycles. The fraction of sp³-hybridized carbons (Fsp3) is 0.0556. The average molecular weight is 369 g/mol. The van der Waals surface area contributed by atoms with Gasteiger partial charge < -0.3 is 5.32 Å². The third kappa shape index (κ3) is 4.02. The molecule has 0 aliphatic rings. The number of amides is 1. The third-order valence-corrected chi connectivity index (χ3v) is 4.83. The largest absolute Gasteiger partial charge is 0.306 e. The monoisotopic (exact) mass is 368 g/mol. The molecule has 0 aliphatic carbocycles. The molecule has 0 fully saturated rings. The van der Waals surface area contributed by atoms with Gasteiger partial charge >= 0.3 is 0 Å². The summed E-state index contributed by atoms with van der Waals surface area (Å²) in [6.45, 7) is 0. The van der Waals surface area contributed by atoms with Crippen LogP contribution >= 0.6 is 23.4 Å². The number of nitrogens with one attached hydrogen (secondary N) is 2. The molecule has 0 radical (unpaired) electrons. The van der Waals surface area contributed by atoms with E-state index < -0.39 is 0 Å². The Balaban J connectivity index is 1.74. The van der Waals surface area contributed by atoms with Crippen molar-refractivity contribution in [3.05, 3.63) is 76.3 Å². The van der Waals surface area contributed by atoms with Gasteiger partial charge in [0.05, 0.1) is 0 Å². The summed E-state index contributed by atoms with van der Waals surface area (Å²) in [6.07, 6.45) is 0. The maximum atomic E-state index is 12.2. The number of rotatable bonds is 5. The van der Waals surface area contributed by atoms with E-state index in [2.05, 4.69) is 21.6 Å². The zero-order valence-corrected chi connectivity index (χ0v) is 14.6. The van der Waals surface area contributed by atoms with Gasteiger partial charge in [-0.05, 0) is 23.8 Å². The summed E-state index contributed by atoms with van der Waals surface area (Å²) in [4.78, 5) is 12.2. The lowest BCUT2D eigenvalue weighted by Crippen LogP contribution is -2.12. The van der Waals surface area contributed by atoms with Crippen LogP contribution in [-0.4, -0.2) is 16.1 Å². The van der Waals surface area contributed by atoms with Crippen molar-refractivity contribution in [2.75, 3.05) is 5.32 Å². The SMILES string of the molecule is N#Cc1c(SCc2ccccc2Cl)n[nH]c1NC(=O)c1ccccc1. The fourth-order valence-corrected chi connectivity index (χ4v) is 3.39. The van der Waals surface area contributed by atoms with Crippen LogP contribution in [0.1, 0.15) is 21.5 Å². The highest BCUT2D eigenvalue weighted by Gasteiger charge is 2.16. The lowest BCUT2D eigenvalue weighted by atomic mass is 10.2. The summed E-state index contributed by atoms with van der Waals surface area (Å²) >= 11 is 7.52. The Bertz CT molecular complexity index is 934. The minimum absolute atomic E-state index is 0.290. The highest BCUT2D eigenvalue weighted by atomic mass is 35.5. The van der Waals surface area contributed by atoms with E-state index in [9.17, 15) is 10.1 Å². The Labute approximate surface area is 154 Å². The second-order valence-electron chi connectivity index (χ2n) is 5.09. The Hall–Kier alpha value is -2.75. The van der Waals surface area contributed by atoms with Crippen LogP contribution in [0.5, 0.6) is 0 Å². The molecule has 0 atom stereocenters. The van der Waals surface area contributed by atoms with Crippen molar-refractivity contribution in [1.82, 2.24) is 10.2 Å². The summed E-state index contributed by atoms with van der Waals surface area (Å²) in [5, 5.41) is 20.2. The number of hydrogen-bond acceptors (Lipinski definition) is 4. The van der Waals surface area contributed by atoms with E-state index in [1.165, 1.54) is 11.8 Å². The van der Waals surface area contributed by atoms with Crippen molar-refractivity contribution in [3.63, 3.8) is 0 Å². The van der Waals surface area contributed by atoms with E-state index >= 15 is 0 Å². The summed E-state index contributed by atoms with van der Waals surface area (Å²) in [6, 6.07) is 18.4. The number of carbonyl (C=O) groups is 1. The molecule has 0 bridgehead atoms.